The highest BCUT2D eigenvalue weighted by Crippen LogP contribution is 2.13. The number of nitrogens with one attached hydrogen (secondary N) is 1. The molecule has 1 amide bonds. The Hall–Kier alpha value is -0.710. The van der Waals surface area contributed by atoms with Gasteiger partial charge in [-0.2, -0.15) is 12.6 Å². The lowest BCUT2D eigenvalue weighted by Gasteiger charge is -2.13. The third kappa shape index (κ3) is 16.5. The van der Waals surface area contributed by atoms with Gasteiger partial charge in [0.2, 0.25) is 5.91 Å². The van der Waals surface area contributed by atoms with E-state index in [0.717, 1.165) is 12.8 Å². The Bertz CT molecular complexity index is 337. The summed E-state index contributed by atoms with van der Waals surface area (Å²) in [6.45, 7) is 2.25. The molecule has 0 rings (SSSR count). The molecule has 0 saturated heterocycles. The van der Waals surface area contributed by atoms with E-state index in [-0.39, 0.29) is 5.91 Å². The Labute approximate surface area is 159 Å². The Morgan fingerprint density at radius 1 is 0.840 bits per heavy atom. The van der Waals surface area contributed by atoms with Crippen molar-refractivity contribution >= 4 is 24.5 Å². The van der Waals surface area contributed by atoms with E-state index >= 15 is 0 Å². The van der Waals surface area contributed by atoms with Crippen molar-refractivity contribution in [1.82, 2.24) is 5.32 Å². The number of carboxylic acid groups (broad SMARTS) is 1. The molecule has 2 N–H and O–H groups in total. The highest BCUT2D eigenvalue weighted by atomic mass is 32.1. The molecule has 148 valence electrons. The van der Waals surface area contributed by atoms with Gasteiger partial charge in [0.1, 0.15) is 6.04 Å². The summed E-state index contributed by atoms with van der Waals surface area (Å²) in [4.78, 5) is 22.7. The van der Waals surface area contributed by atoms with E-state index in [0.29, 0.717) is 18.6 Å². The van der Waals surface area contributed by atoms with Crippen LogP contribution in [0.3, 0.4) is 0 Å². The Morgan fingerprint density at radius 3 is 1.68 bits per heavy atom. The number of aliphatic carboxylic acids is 1. The van der Waals surface area contributed by atoms with Crippen LogP contribution in [-0.2, 0) is 9.59 Å². The highest BCUT2D eigenvalue weighted by molar-refractivity contribution is 7.80. The molecule has 1 atom stereocenters. The molecular formula is C20H39NO3S. The summed E-state index contributed by atoms with van der Waals surface area (Å²) < 4.78 is 0. The molecule has 5 heteroatoms. The number of carbonyl (C=O) groups excluding carboxylic acids is 1. The molecule has 0 fully saturated rings. The number of rotatable bonds is 18. The van der Waals surface area contributed by atoms with Crippen LogP contribution < -0.4 is 5.32 Å². The molecule has 0 aromatic carbocycles. The number of amides is 1. The van der Waals surface area contributed by atoms with E-state index in [2.05, 4.69) is 24.9 Å². The zero-order chi connectivity index (χ0) is 18.8. The number of hydrogen-bond donors (Lipinski definition) is 3. The van der Waals surface area contributed by atoms with Gasteiger partial charge in [0.05, 0.1) is 0 Å². The molecule has 0 bridgehead atoms. The summed E-state index contributed by atoms with van der Waals surface area (Å²) in [5.41, 5.74) is 0. The lowest BCUT2D eigenvalue weighted by Crippen LogP contribution is -2.40. The standard InChI is InChI=1S/C20H39NO3S/c1-2-3-4-5-6-7-8-9-10-11-12-13-14-15-19(22)21-18(16-17-25)20(23)24/h18,25H,2-17H2,1H3,(H,21,22)(H,23,24). The molecule has 25 heavy (non-hydrogen) atoms. The van der Waals surface area contributed by atoms with Gasteiger partial charge in [-0.3, -0.25) is 4.79 Å². The molecule has 0 aliphatic rings. The molecule has 0 aromatic rings. The average Bonchev–Trinajstić information content (AvgIpc) is 2.58. The van der Waals surface area contributed by atoms with Gasteiger partial charge in [-0.15, -0.1) is 0 Å². The molecule has 1 unspecified atom stereocenters. The number of carboxylic acids is 1. The maximum absolute atomic E-state index is 11.7. The number of thiol groups is 1. The quantitative estimate of drug-likeness (QED) is 0.224. The van der Waals surface area contributed by atoms with Crippen LogP contribution in [0.5, 0.6) is 0 Å². The van der Waals surface area contributed by atoms with Crippen molar-refractivity contribution in [2.75, 3.05) is 5.75 Å². The lowest BCUT2D eigenvalue weighted by atomic mass is 10.0. The maximum atomic E-state index is 11.7. The van der Waals surface area contributed by atoms with Crippen LogP contribution in [0, 0.1) is 0 Å². The summed E-state index contributed by atoms with van der Waals surface area (Å²) in [5.74, 6) is -0.680. The van der Waals surface area contributed by atoms with Crippen molar-refractivity contribution in [3.05, 3.63) is 0 Å². The first-order valence-corrected chi connectivity index (χ1v) is 10.9. The van der Waals surface area contributed by atoms with E-state index < -0.39 is 12.0 Å². The first kappa shape index (κ1) is 24.3. The van der Waals surface area contributed by atoms with Crippen LogP contribution in [0.15, 0.2) is 0 Å². The minimum atomic E-state index is -0.979. The third-order valence-electron chi connectivity index (χ3n) is 4.56. The number of unbranched alkanes of at least 4 members (excludes halogenated alkanes) is 12. The van der Waals surface area contributed by atoms with Crippen molar-refractivity contribution in [2.45, 2.75) is 109 Å². The van der Waals surface area contributed by atoms with Crippen LogP contribution in [0.2, 0.25) is 0 Å². The molecule has 0 spiro atoms. The Kier molecular flexibility index (Phi) is 17.6. The van der Waals surface area contributed by atoms with Gasteiger partial charge in [-0.1, -0.05) is 84.0 Å². The number of carbonyl (C=O) groups is 2. The third-order valence-corrected chi connectivity index (χ3v) is 4.82. The summed E-state index contributed by atoms with van der Waals surface area (Å²) in [6.07, 6.45) is 17.3. The second-order valence-electron chi connectivity index (χ2n) is 6.96. The van der Waals surface area contributed by atoms with E-state index in [1.807, 2.05) is 0 Å². The molecule has 4 nitrogen and oxygen atoms in total. The summed E-state index contributed by atoms with van der Waals surface area (Å²) in [7, 11) is 0. The van der Waals surface area contributed by atoms with Gasteiger partial charge < -0.3 is 10.4 Å². The summed E-state index contributed by atoms with van der Waals surface area (Å²) in [6, 6.07) is -0.799. The minimum Gasteiger partial charge on any atom is -0.480 e. The second kappa shape index (κ2) is 18.1. The molecule has 0 aromatic heterocycles. The molecule has 0 aliphatic carbocycles. The zero-order valence-corrected chi connectivity index (χ0v) is 17.0. The Balaban J connectivity index is 3.37. The van der Waals surface area contributed by atoms with Gasteiger partial charge >= 0.3 is 5.97 Å². The Morgan fingerprint density at radius 2 is 1.28 bits per heavy atom. The maximum Gasteiger partial charge on any atom is 0.326 e. The van der Waals surface area contributed by atoms with Crippen molar-refractivity contribution < 1.29 is 14.7 Å². The van der Waals surface area contributed by atoms with E-state index in [4.69, 9.17) is 5.11 Å². The SMILES string of the molecule is CCCCCCCCCCCCCCCC(=O)NC(CCS)C(=O)O. The van der Waals surface area contributed by atoms with Crippen LogP contribution in [0.25, 0.3) is 0 Å². The second-order valence-corrected chi connectivity index (χ2v) is 7.41. The summed E-state index contributed by atoms with van der Waals surface area (Å²) in [5, 5.41) is 11.6. The average molecular weight is 374 g/mol. The topological polar surface area (TPSA) is 66.4 Å². The number of hydrogen-bond acceptors (Lipinski definition) is 3. The fourth-order valence-electron chi connectivity index (χ4n) is 2.96. The van der Waals surface area contributed by atoms with Crippen molar-refractivity contribution in [2.24, 2.45) is 0 Å². The highest BCUT2D eigenvalue weighted by Gasteiger charge is 2.18. The van der Waals surface area contributed by atoms with Crippen LogP contribution >= 0.6 is 12.6 Å². The van der Waals surface area contributed by atoms with Crippen LogP contribution in [0.4, 0.5) is 0 Å². The molecule has 0 aliphatic heterocycles. The van der Waals surface area contributed by atoms with Crippen molar-refractivity contribution in [3.8, 4) is 0 Å². The largest absolute Gasteiger partial charge is 0.480 e. The predicted octanol–water partition coefficient (Wildman–Crippen LogP) is 5.36. The van der Waals surface area contributed by atoms with E-state index in [1.165, 1.54) is 70.6 Å². The fourth-order valence-corrected chi connectivity index (χ4v) is 3.21. The normalized spacial score (nSPS) is 12.1. The molecular weight excluding hydrogens is 334 g/mol. The molecule has 0 radical (unpaired) electrons. The van der Waals surface area contributed by atoms with Crippen molar-refractivity contribution in [3.63, 3.8) is 0 Å². The van der Waals surface area contributed by atoms with Crippen molar-refractivity contribution in [1.29, 1.82) is 0 Å². The van der Waals surface area contributed by atoms with E-state index in [1.54, 1.807) is 0 Å². The zero-order valence-electron chi connectivity index (χ0n) is 16.1. The minimum absolute atomic E-state index is 0.155. The van der Waals surface area contributed by atoms with E-state index in [9.17, 15) is 9.59 Å². The van der Waals surface area contributed by atoms with Gasteiger partial charge in [0.15, 0.2) is 0 Å². The smallest absolute Gasteiger partial charge is 0.326 e. The van der Waals surface area contributed by atoms with Gasteiger partial charge in [-0.05, 0) is 18.6 Å². The fraction of sp³-hybridized carbons (Fsp3) is 0.900. The molecule has 0 heterocycles. The van der Waals surface area contributed by atoms with Gasteiger partial charge in [0.25, 0.3) is 0 Å². The first-order valence-electron chi connectivity index (χ1n) is 10.2. The van der Waals surface area contributed by atoms with Gasteiger partial charge in [0, 0.05) is 6.42 Å². The first-order chi connectivity index (χ1) is 12.1. The van der Waals surface area contributed by atoms with Gasteiger partial charge in [-0.25, -0.2) is 4.79 Å². The molecule has 0 saturated carbocycles. The monoisotopic (exact) mass is 373 g/mol. The summed E-state index contributed by atoms with van der Waals surface area (Å²) >= 11 is 4.02. The van der Waals surface area contributed by atoms with Crippen LogP contribution in [-0.4, -0.2) is 28.8 Å². The lowest BCUT2D eigenvalue weighted by molar-refractivity contribution is -0.141. The predicted molar refractivity (Wildman–Crippen MR) is 108 cm³/mol. The van der Waals surface area contributed by atoms with Crippen LogP contribution in [0.1, 0.15) is 103 Å².